The van der Waals surface area contributed by atoms with Crippen LogP contribution in [-0.2, 0) is 0 Å². The van der Waals surface area contributed by atoms with E-state index in [0.29, 0.717) is 0 Å². The summed E-state index contributed by atoms with van der Waals surface area (Å²) in [6, 6.07) is 8.59. The van der Waals surface area contributed by atoms with Gasteiger partial charge in [-0.25, -0.2) is 0 Å². The van der Waals surface area contributed by atoms with Crippen molar-refractivity contribution in [3.05, 3.63) is 35.4 Å². The molecule has 0 bridgehead atoms. The van der Waals surface area contributed by atoms with Crippen molar-refractivity contribution in [1.82, 2.24) is 0 Å². The third-order valence-corrected chi connectivity index (χ3v) is 2.99. The molecule has 2 heteroatoms. The Morgan fingerprint density at radius 3 is 1.56 bits per heavy atom. The highest BCUT2D eigenvalue weighted by Crippen LogP contribution is 2.26. The fourth-order valence-electron chi connectivity index (χ4n) is 2.12. The van der Waals surface area contributed by atoms with Gasteiger partial charge in [0, 0.05) is 12.1 Å². The SMILES string of the molecule is CCCC(N)c1ccccc1C(N)CCC. The lowest BCUT2D eigenvalue weighted by Gasteiger charge is -2.20. The Morgan fingerprint density at radius 2 is 1.25 bits per heavy atom. The maximum Gasteiger partial charge on any atom is 0.0298 e. The lowest BCUT2D eigenvalue weighted by atomic mass is 9.92. The molecule has 0 saturated carbocycles. The highest BCUT2D eigenvalue weighted by Gasteiger charge is 2.14. The molecule has 90 valence electrons. The van der Waals surface area contributed by atoms with Crippen molar-refractivity contribution in [2.24, 2.45) is 11.5 Å². The Morgan fingerprint density at radius 1 is 0.875 bits per heavy atom. The summed E-state index contributed by atoms with van der Waals surface area (Å²) in [6.45, 7) is 4.32. The van der Waals surface area contributed by atoms with Gasteiger partial charge in [-0.1, -0.05) is 51.0 Å². The molecule has 0 aliphatic heterocycles. The first-order chi connectivity index (χ1) is 7.70. The quantitative estimate of drug-likeness (QED) is 0.773. The summed E-state index contributed by atoms with van der Waals surface area (Å²) in [5.74, 6) is 0. The molecule has 0 radical (unpaired) electrons. The zero-order valence-electron chi connectivity index (χ0n) is 10.4. The van der Waals surface area contributed by atoms with Crippen molar-refractivity contribution >= 4 is 0 Å². The predicted octanol–water partition coefficient (Wildman–Crippen LogP) is 3.29. The summed E-state index contributed by atoms with van der Waals surface area (Å²) in [6.07, 6.45) is 4.27. The van der Waals surface area contributed by atoms with E-state index in [-0.39, 0.29) is 12.1 Å². The van der Waals surface area contributed by atoms with Gasteiger partial charge in [-0.15, -0.1) is 0 Å². The Labute approximate surface area is 99.0 Å². The first-order valence-corrected chi connectivity index (χ1v) is 6.30. The van der Waals surface area contributed by atoms with Gasteiger partial charge in [0.05, 0.1) is 0 Å². The van der Waals surface area contributed by atoms with E-state index in [1.165, 1.54) is 11.1 Å². The molecule has 0 spiro atoms. The summed E-state index contributed by atoms with van der Waals surface area (Å²) in [5.41, 5.74) is 14.8. The van der Waals surface area contributed by atoms with Crippen LogP contribution in [0.4, 0.5) is 0 Å². The van der Waals surface area contributed by atoms with Crippen LogP contribution >= 0.6 is 0 Å². The number of rotatable bonds is 6. The second-order valence-electron chi connectivity index (χ2n) is 4.42. The maximum atomic E-state index is 6.18. The highest BCUT2D eigenvalue weighted by molar-refractivity contribution is 5.32. The minimum atomic E-state index is 0.129. The molecular weight excluding hydrogens is 196 g/mol. The van der Waals surface area contributed by atoms with Crippen molar-refractivity contribution in [3.63, 3.8) is 0 Å². The fraction of sp³-hybridized carbons (Fsp3) is 0.571. The molecule has 0 aliphatic rings. The van der Waals surface area contributed by atoms with Crippen molar-refractivity contribution in [3.8, 4) is 0 Å². The predicted molar refractivity (Wildman–Crippen MR) is 70.1 cm³/mol. The van der Waals surface area contributed by atoms with E-state index >= 15 is 0 Å². The van der Waals surface area contributed by atoms with Gasteiger partial charge in [0.15, 0.2) is 0 Å². The van der Waals surface area contributed by atoms with Crippen LogP contribution in [0.25, 0.3) is 0 Å². The molecule has 0 amide bonds. The number of hydrogen-bond donors (Lipinski definition) is 2. The molecule has 1 aromatic carbocycles. The van der Waals surface area contributed by atoms with Crippen LogP contribution < -0.4 is 11.5 Å². The molecule has 4 N–H and O–H groups in total. The molecule has 0 fully saturated rings. The summed E-state index contributed by atoms with van der Waals surface area (Å²) in [4.78, 5) is 0. The van der Waals surface area contributed by atoms with Gasteiger partial charge in [-0.05, 0) is 24.0 Å². The number of benzene rings is 1. The van der Waals surface area contributed by atoms with Crippen molar-refractivity contribution in [2.75, 3.05) is 0 Å². The van der Waals surface area contributed by atoms with Gasteiger partial charge in [-0.3, -0.25) is 0 Å². The largest absolute Gasteiger partial charge is 0.324 e. The molecule has 1 rings (SSSR count). The maximum absolute atomic E-state index is 6.18. The second-order valence-corrected chi connectivity index (χ2v) is 4.42. The first kappa shape index (κ1) is 13.2. The van der Waals surface area contributed by atoms with Gasteiger partial charge in [-0.2, -0.15) is 0 Å². The lowest BCUT2D eigenvalue weighted by Crippen LogP contribution is -2.18. The van der Waals surface area contributed by atoms with E-state index in [9.17, 15) is 0 Å². The molecule has 0 heterocycles. The van der Waals surface area contributed by atoms with Gasteiger partial charge in [0.2, 0.25) is 0 Å². The summed E-state index contributed by atoms with van der Waals surface area (Å²) in [7, 11) is 0. The second kappa shape index (κ2) is 6.66. The average Bonchev–Trinajstić information content (AvgIpc) is 2.30. The van der Waals surface area contributed by atoms with Crippen LogP contribution in [0.3, 0.4) is 0 Å². The summed E-state index contributed by atoms with van der Waals surface area (Å²) < 4.78 is 0. The molecule has 1 aromatic rings. The van der Waals surface area contributed by atoms with E-state index in [1.807, 2.05) is 12.1 Å². The Hall–Kier alpha value is -0.860. The molecule has 0 aromatic heterocycles. The Balaban J connectivity index is 2.90. The van der Waals surface area contributed by atoms with Gasteiger partial charge in [0.1, 0.15) is 0 Å². The molecule has 2 unspecified atom stereocenters. The smallest absolute Gasteiger partial charge is 0.0298 e. The van der Waals surface area contributed by atoms with Crippen LogP contribution in [0.1, 0.15) is 62.7 Å². The fourth-order valence-corrected chi connectivity index (χ4v) is 2.12. The van der Waals surface area contributed by atoms with Crippen molar-refractivity contribution in [2.45, 2.75) is 51.6 Å². The van der Waals surface area contributed by atoms with Gasteiger partial charge >= 0.3 is 0 Å². The van der Waals surface area contributed by atoms with E-state index in [1.54, 1.807) is 0 Å². The molecule has 2 nitrogen and oxygen atoms in total. The standard InChI is InChI=1S/C14H24N2/c1-3-7-13(15)11-9-5-6-10-12(11)14(16)8-4-2/h5-6,9-10,13-14H,3-4,7-8,15-16H2,1-2H3. The zero-order valence-corrected chi connectivity index (χ0v) is 10.4. The third-order valence-electron chi connectivity index (χ3n) is 2.99. The molecule has 0 saturated heterocycles. The van der Waals surface area contributed by atoms with Crippen LogP contribution in [0.15, 0.2) is 24.3 Å². The average molecular weight is 220 g/mol. The molecule has 2 atom stereocenters. The first-order valence-electron chi connectivity index (χ1n) is 6.30. The third kappa shape index (κ3) is 3.32. The van der Waals surface area contributed by atoms with Gasteiger partial charge < -0.3 is 11.5 Å². The van der Waals surface area contributed by atoms with E-state index < -0.39 is 0 Å². The van der Waals surface area contributed by atoms with Crippen LogP contribution in [0.5, 0.6) is 0 Å². The summed E-state index contributed by atoms with van der Waals surface area (Å²) >= 11 is 0. The molecular formula is C14H24N2. The van der Waals surface area contributed by atoms with Crippen LogP contribution in [-0.4, -0.2) is 0 Å². The minimum Gasteiger partial charge on any atom is -0.324 e. The van der Waals surface area contributed by atoms with Gasteiger partial charge in [0.25, 0.3) is 0 Å². The van der Waals surface area contributed by atoms with E-state index in [0.717, 1.165) is 25.7 Å². The monoisotopic (exact) mass is 220 g/mol. The number of nitrogens with two attached hydrogens (primary N) is 2. The van der Waals surface area contributed by atoms with Crippen molar-refractivity contribution in [1.29, 1.82) is 0 Å². The minimum absolute atomic E-state index is 0.129. The van der Waals surface area contributed by atoms with Crippen LogP contribution in [0, 0.1) is 0 Å². The van der Waals surface area contributed by atoms with Crippen LogP contribution in [0.2, 0.25) is 0 Å². The topological polar surface area (TPSA) is 52.0 Å². The van der Waals surface area contributed by atoms with Crippen molar-refractivity contribution < 1.29 is 0 Å². The highest BCUT2D eigenvalue weighted by atomic mass is 14.7. The lowest BCUT2D eigenvalue weighted by molar-refractivity contribution is 0.594. The Bertz CT molecular complexity index is 278. The Kier molecular flexibility index (Phi) is 5.50. The molecule has 0 aliphatic carbocycles. The normalized spacial score (nSPS) is 14.8. The number of hydrogen-bond acceptors (Lipinski definition) is 2. The van der Waals surface area contributed by atoms with E-state index in [4.69, 9.17) is 11.5 Å². The summed E-state index contributed by atoms with van der Waals surface area (Å²) in [5, 5.41) is 0. The zero-order chi connectivity index (χ0) is 12.0. The van der Waals surface area contributed by atoms with E-state index in [2.05, 4.69) is 26.0 Å². The molecule has 16 heavy (non-hydrogen) atoms.